The lowest BCUT2D eigenvalue weighted by Gasteiger charge is -2.25. The zero-order chi connectivity index (χ0) is 22.6. The van der Waals surface area contributed by atoms with Crippen molar-refractivity contribution in [3.63, 3.8) is 0 Å². The lowest BCUT2D eigenvalue weighted by atomic mass is 10.1. The van der Waals surface area contributed by atoms with Crippen molar-refractivity contribution in [2.24, 2.45) is 0 Å². The summed E-state index contributed by atoms with van der Waals surface area (Å²) in [6.07, 6.45) is 7.96. The molecule has 32 heavy (non-hydrogen) atoms. The molecule has 2 aromatic carbocycles. The van der Waals surface area contributed by atoms with Crippen molar-refractivity contribution in [3.05, 3.63) is 82.4 Å². The Labute approximate surface area is 186 Å². The summed E-state index contributed by atoms with van der Waals surface area (Å²) in [4.78, 5) is 15.1. The number of hydrogen-bond acceptors (Lipinski definition) is 6. The highest BCUT2D eigenvalue weighted by molar-refractivity contribution is 7.89. The van der Waals surface area contributed by atoms with Gasteiger partial charge in [-0.3, -0.25) is 10.1 Å². The van der Waals surface area contributed by atoms with Crippen molar-refractivity contribution in [2.75, 3.05) is 18.4 Å². The quantitative estimate of drug-likeness (QED) is 0.410. The highest BCUT2D eigenvalue weighted by Crippen LogP contribution is 2.30. The molecule has 0 spiro atoms. The number of nitrogens with zero attached hydrogens (tertiary/aromatic N) is 4. The Kier molecular flexibility index (Phi) is 6.52. The first-order chi connectivity index (χ1) is 15.4. The second-order valence-corrected chi connectivity index (χ2v) is 9.75. The number of nitro benzene ring substituents is 1. The van der Waals surface area contributed by atoms with E-state index in [1.54, 1.807) is 12.5 Å². The molecule has 0 radical (unpaired) electrons. The van der Waals surface area contributed by atoms with E-state index in [-0.39, 0.29) is 16.3 Å². The van der Waals surface area contributed by atoms with Crippen LogP contribution in [0.3, 0.4) is 0 Å². The van der Waals surface area contributed by atoms with Crippen LogP contribution in [0.5, 0.6) is 0 Å². The average Bonchev–Trinajstić information content (AvgIpc) is 3.31. The molecule has 1 fully saturated rings. The van der Waals surface area contributed by atoms with E-state index in [4.69, 9.17) is 0 Å². The zero-order valence-corrected chi connectivity index (χ0v) is 18.4. The van der Waals surface area contributed by atoms with Gasteiger partial charge in [0.1, 0.15) is 5.69 Å². The maximum atomic E-state index is 12.9. The average molecular weight is 456 g/mol. The SMILES string of the molecule is O=[N+]([O-])c1cc(S(=O)(=O)N2CCCCC2)ccc1NCc1cccc(Cn2ccnc2)c1. The Hall–Kier alpha value is -3.24. The fourth-order valence-corrected chi connectivity index (χ4v) is 5.39. The minimum atomic E-state index is -3.74. The first-order valence-electron chi connectivity index (χ1n) is 10.5. The van der Waals surface area contributed by atoms with E-state index in [1.165, 1.54) is 16.4 Å². The number of benzene rings is 2. The Morgan fingerprint density at radius 1 is 1.06 bits per heavy atom. The van der Waals surface area contributed by atoms with Crippen LogP contribution in [0.25, 0.3) is 0 Å². The second-order valence-electron chi connectivity index (χ2n) is 7.81. The van der Waals surface area contributed by atoms with Gasteiger partial charge in [0.15, 0.2) is 0 Å². The fourth-order valence-electron chi connectivity index (χ4n) is 3.85. The lowest BCUT2D eigenvalue weighted by molar-refractivity contribution is -0.384. The predicted molar refractivity (Wildman–Crippen MR) is 121 cm³/mol. The van der Waals surface area contributed by atoms with Crippen LogP contribution in [0.15, 0.2) is 66.1 Å². The number of piperidine rings is 1. The van der Waals surface area contributed by atoms with Crippen molar-refractivity contribution in [1.29, 1.82) is 0 Å². The van der Waals surface area contributed by atoms with Gasteiger partial charge >= 0.3 is 0 Å². The molecule has 0 unspecified atom stereocenters. The molecular weight excluding hydrogens is 430 g/mol. The van der Waals surface area contributed by atoms with Crippen LogP contribution in [-0.4, -0.2) is 40.3 Å². The van der Waals surface area contributed by atoms with Gasteiger partial charge in [-0.2, -0.15) is 4.31 Å². The molecule has 4 rings (SSSR count). The van der Waals surface area contributed by atoms with Crippen molar-refractivity contribution >= 4 is 21.4 Å². The number of hydrogen-bond donors (Lipinski definition) is 1. The smallest absolute Gasteiger partial charge is 0.293 e. The van der Waals surface area contributed by atoms with E-state index in [0.29, 0.717) is 26.2 Å². The largest absolute Gasteiger partial charge is 0.375 e. The van der Waals surface area contributed by atoms with Gasteiger partial charge in [0.05, 0.1) is 16.1 Å². The van der Waals surface area contributed by atoms with E-state index in [1.807, 2.05) is 35.0 Å². The highest BCUT2D eigenvalue weighted by Gasteiger charge is 2.28. The maximum absolute atomic E-state index is 12.9. The molecule has 0 atom stereocenters. The first kappa shape index (κ1) is 22.0. The number of nitro groups is 1. The van der Waals surface area contributed by atoms with Crippen molar-refractivity contribution < 1.29 is 13.3 Å². The molecule has 0 bridgehead atoms. The number of imidazole rings is 1. The normalized spacial score (nSPS) is 14.9. The van der Waals surface area contributed by atoms with Gasteiger partial charge in [0.25, 0.3) is 5.69 Å². The predicted octanol–water partition coefficient (Wildman–Crippen LogP) is 3.63. The van der Waals surface area contributed by atoms with Crippen molar-refractivity contribution in [2.45, 2.75) is 37.2 Å². The summed E-state index contributed by atoms with van der Waals surface area (Å²) in [5.74, 6) is 0. The van der Waals surface area contributed by atoms with E-state index >= 15 is 0 Å². The Bertz CT molecular complexity index is 1190. The summed E-state index contributed by atoms with van der Waals surface area (Å²) in [6.45, 7) is 1.95. The minimum Gasteiger partial charge on any atom is -0.375 e. The number of anilines is 1. The van der Waals surface area contributed by atoms with E-state index in [9.17, 15) is 18.5 Å². The molecule has 168 valence electrons. The monoisotopic (exact) mass is 455 g/mol. The van der Waals surface area contributed by atoms with Gasteiger partial charge in [-0.1, -0.05) is 30.7 Å². The van der Waals surface area contributed by atoms with Crippen LogP contribution >= 0.6 is 0 Å². The molecule has 0 amide bonds. The first-order valence-corrected chi connectivity index (χ1v) is 11.9. The minimum absolute atomic E-state index is 0.0426. The molecule has 1 aliphatic rings. The standard InChI is InChI=1S/C22H25N5O4S/c28-27(29)22-14-20(32(30,31)26-10-2-1-3-11-26)7-8-21(22)24-15-18-5-4-6-19(13-18)16-25-12-9-23-17-25/h4-9,12-14,17,24H,1-3,10-11,15-16H2. The van der Waals surface area contributed by atoms with Gasteiger partial charge < -0.3 is 9.88 Å². The van der Waals surface area contributed by atoms with E-state index in [0.717, 1.165) is 36.5 Å². The molecule has 0 aliphatic carbocycles. The van der Waals surface area contributed by atoms with Gasteiger partial charge in [-0.05, 0) is 36.1 Å². The van der Waals surface area contributed by atoms with Crippen LogP contribution in [-0.2, 0) is 23.1 Å². The third kappa shape index (κ3) is 4.97. The highest BCUT2D eigenvalue weighted by atomic mass is 32.2. The third-order valence-corrected chi connectivity index (χ3v) is 7.41. The number of rotatable bonds is 8. The van der Waals surface area contributed by atoms with Crippen molar-refractivity contribution in [3.8, 4) is 0 Å². The number of sulfonamides is 1. The van der Waals surface area contributed by atoms with Crippen LogP contribution in [0.4, 0.5) is 11.4 Å². The molecule has 1 saturated heterocycles. The van der Waals surface area contributed by atoms with Gasteiger partial charge in [-0.25, -0.2) is 13.4 Å². The fraction of sp³-hybridized carbons (Fsp3) is 0.318. The van der Waals surface area contributed by atoms with Crippen LogP contribution in [0.2, 0.25) is 0 Å². The molecule has 1 aromatic heterocycles. The van der Waals surface area contributed by atoms with Gasteiger partial charge in [0, 0.05) is 44.6 Å². The van der Waals surface area contributed by atoms with Crippen LogP contribution in [0, 0.1) is 10.1 Å². The topological polar surface area (TPSA) is 110 Å². The molecule has 1 N–H and O–H groups in total. The Morgan fingerprint density at radius 3 is 2.56 bits per heavy atom. The third-order valence-electron chi connectivity index (χ3n) is 5.52. The van der Waals surface area contributed by atoms with Gasteiger partial charge in [0.2, 0.25) is 10.0 Å². The maximum Gasteiger partial charge on any atom is 0.293 e. The summed E-state index contributed by atoms with van der Waals surface area (Å²) in [6, 6.07) is 12.0. The number of nitrogens with one attached hydrogen (secondary N) is 1. The van der Waals surface area contributed by atoms with E-state index in [2.05, 4.69) is 10.3 Å². The molecule has 1 aliphatic heterocycles. The molecule has 10 heteroatoms. The summed E-state index contributed by atoms with van der Waals surface area (Å²) < 4.78 is 29.2. The van der Waals surface area contributed by atoms with Crippen molar-refractivity contribution in [1.82, 2.24) is 13.9 Å². The Balaban J connectivity index is 1.51. The van der Waals surface area contributed by atoms with Crippen LogP contribution in [0.1, 0.15) is 30.4 Å². The zero-order valence-electron chi connectivity index (χ0n) is 17.6. The summed E-state index contributed by atoms with van der Waals surface area (Å²) in [7, 11) is -3.74. The molecule has 3 aromatic rings. The Morgan fingerprint density at radius 2 is 1.84 bits per heavy atom. The van der Waals surface area contributed by atoms with Crippen LogP contribution < -0.4 is 5.32 Å². The van der Waals surface area contributed by atoms with Gasteiger partial charge in [-0.15, -0.1) is 0 Å². The molecular formula is C22H25N5O4S. The number of aromatic nitrogens is 2. The summed E-state index contributed by atoms with van der Waals surface area (Å²) in [5, 5.41) is 14.8. The second kappa shape index (κ2) is 9.49. The molecule has 2 heterocycles. The molecule has 0 saturated carbocycles. The molecule has 9 nitrogen and oxygen atoms in total. The summed E-state index contributed by atoms with van der Waals surface area (Å²) >= 11 is 0. The lowest BCUT2D eigenvalue weighted by Crippen LogP contribution is -2.35. The summed E-state index contributed by atoms with van der Waals surface area (Å²) in [5.41, 5.74) is 2.08. The van der Waals surface area contributed by atoms with E-state index < -0.39 is 14.9 Å².